The van der Waals surface area contributed by atoms with Crippen LogP contribution in [-0.2, 0) is 15.8 Å². The van der Waals surface area contributed by atoms with E-state index in [0.29, 0.717) is 17.0 Å². The van der Waals surface area contributed by atoms with E-state index in [1.54, 1.807) is 18.3 Å². The van der Waals surface area contributed by atoms with E-state index in [4.69, 9.17) is 15.2 Å². The molecule has 0 spiro atoms. The Morgan fingerprint density at radius 2 is 1.83 bits per heavy atom. The van der Waals surface area contributed by atoms with Crippen molar-refractivity contribution in [3.8, 4) is 34.0 Å². The molecule has 1 aliphatic heterocycles. The number of halogens is 4. The Kier molecular flexibility index (Phi) is 7.91. The predicted molar refractivity (Wildman–Crippen MR) is 162 cm³/mol. The summed E-state index contributed by atoms with van der Waals surface area (Å²) < 4.78 is 69.8. The van der Waals surface area contributed by atoms with E-state index in [1.165, 1.54) is 31.2 Å². The molecular weight excluding hydrogens is 620 g/mol. The number of fused-ring (bicyclic) bond motifs is 1. The minimum absolute atomic E-state index is 0.00124. The molecule has 3 heterocycles. The largest absolute Gasteiger partial charge is 0.490 e. The number of carbonyl (C=O) groups is 2. The number of rotatable bonds is 9. The van der Waals surface area contributed by atoms with Gasteiger partial charge in [-0.3, -0.25) is 14.6 Å². The molecule has 6 rings (SSSR count). The van der Waals surface area contributed by atoms with Crippen molar-refractivity contribution in [3.05, 3.63) is 95.1 Å². The van der Waals surface area contributed by atoms with E-state index in [9.17, 15) is 32.3 Å². The van der Waals surface area contributed by atoms with Crippen LogP contribution >= 0.6 is 0 Å². The zero-order valence-electron chi connectivity index (χ0n) is 25.3. The highest BCUT2D eigenvalue weighted by molar-refractivity contribution is 5.96. The third-order valence-electron chi connectivity index (χ3n) is 8.38. The van der Waals surface area contributed by atoms with Crippen LogP contribution in [0.25, 0.3) is 22.5 Å². The van der Waals surface area contributed by atoms with Crippen molar-refractivity contribution in [3.63, 3.8) is 0 Å². The van der Waals surface area contributed by atoms with Gasteiger partial charge in [0.2, 0.25) is 11.5 Å². The van der Waals surface area contributed by atoms with Gasteiger partial charge < -0.3 is 25.6 Å². The van der Waals surface area contributed by atoms with Gasteiger partial charge in [-0.1, -0.05) is 6.07 Å². The molecule has 2 amide bonds. The molecule has 0 bridgehead atoms. The molecule has 4 N–H and O–H groups in total. The van der Waals surface area contributed by atoms with Crippen molar-refractivity contribution in [2.45, 2.75) is 50.0 Å². The number of aliphatic hydroxyl groups is 1. The number of pyridine rings is 2. The molecule has 244 valence electrons. The van der Waals surface area contributed by atoms with E-state index < -0.39 is 47.1 Å². The topological polar surface area (TPSA) is 137 Å². The summed E-state index contributed by atoms with van der Waals surface area (Å²) in [5.74, 6) is -1.95. The highest BCUT2D eigenvalue weighted by Gasteiger charge is 2.57. The second-order valence-electron chi connectivity index (χ2n) is 12.0. The maximum Gasteiger partial charge on any atom is 0.424 e. The molecule has 1 fully saturated rings. The summed E-state index contributed by atoms with van der Waals surface area (Å²) in [6.45, 7) is 1.63. The third-order valence-corrected chi connectivity index (χ3v) is 8.38. The molecule has 2 aromatic carbocycles. The lowest BCUT2D eigenvalue weighted by Gasteiger charge is -2.31. The van der Waals surface area contributed by atoms with Gasteiger partial charge in [0.1, 0.15) is 35.0 Å². The molecule has 2 atom stereocenters. The molecule has 0 saturated heterocycles. The highest BCUT2D eigenvalue weighted by Crippen LogP contribution is 2.47. The molecule has 4 aromatic rings. The van der Waals surface area contributed by atoms with E-state index >= 15 is 0 Å². The first-order chi connectivity index (χ1) is 22.2. The van der Waals surface area contributed by atoms with Gasteiger partial charge in [-0.2, -0.15) is 13.2 Å². The minimum atomic E-state index is -5.36. The van der Waals surface area contributed by atoms with Crippen molar-refractivity contribution in [2.75, 3.05) is 13.2 Å². The highest BCUT2D eigenvalue weighted by atomic mass is 19.4. The predicted octanol–water partition coefficient (Wildman–Crippen LogP) is 5.11. The Balaban J connectivity index is 1.37. The smallest absolute Gasteiger partial charge is 0.424 e. The van der Waals surface area contributed by atoms with Gasteiger partial charge in [0.15, 0.2) is 0 Å². The number of primary amides is 1. The molecule has 2 aliphatic rings. The molecule has 1 saturated carbocycles. The average molecular weight is 651 g/mol. The second-order valence-corrected chi connectivity index (χ2v) is 12.0. The fourth-order valence-electron chi connectivity index (χ4n) is 5.22. The fraction of sp³-hybridized carbons (Fsp3) is 0.294. The summed E-state index contributed by atoms with van der Waals surface area (Å²) in [6, 6.07) is 13.6. The molecule has 2 aromatic heterocycles. The number of carbonyl (C=O) groups excluding carboxylic acids is 2. The summed E-state index contributed by atoms with van der Waals surface area (Å²) >= 11 is 0. The van der Waals surface area contributed by atoms with Gasteiger partial charge in [0.05, 0.1) is 24.0 Å². The summed E-state index contributed by atoms with van der Waals surface area (Å²) in [6.07, 6.45) is -1.93. The van der Waals surface area contributed by atoms with Crippen molar-refractivity contribution in [1.29, 1.82) is 0 Å². The third kappa shape index (κ3) is 5.98. The fourth-order valence-corrected chi connectivity index (χ4v) is 5.22. The van der Waals surface area contributed by atoms with Crippen molar-refractivity contribution in [2.24, 2.45) is 5.73 Å². The zero-order chi connectivity index (χ0) is 33.7. The number of ether oxygens (including phenoxy) is 2. The lowest BCUT2D eigenvalue weighted by Crippen LogP contribution is -2.51. The van der Waals surface area contributed by atoms with Crippen LogP contribution in [0.3, 0.4) is 0 Å². The molecule has 1 unspecified atom stereocenters. The van der Waals surface area contributed by atoms with Gasteiger partial charge >= 0.3 is 6.18 Å². The van der Waals surface area contributed by atoms with E-state index in [0.717, 1.165) is 36.6 Å². The van der Waals surface area contributed by atoms with Crippen molar-refractivity contribution < 1.29 is 41.7 Å². The summed E-state index contributed by atoms with van der Waals surface area (Å²) in [5.41, 5.74) is 1.25. The average Bonchev–Trinajstić information content (AvgIpc) is 3.79. The molecule has 13 heteroatoms. The maximum absolute atomic E-state index is 14.8. The molecule has 9 nitrogen and oxygen atoms in total. The monoisotopic (exact) mass is 650 g/mol. The van der Waals surface area contributed by atoms with Crippen molar-refractivity contribution >= 4 is 11.8 Å². The van der Waals surface area contributed by atoms with E-state index in [1.807, 2.05) is 13.0 Å². The standard InChI is InChI=1S/C34H30F4N4O5/c1-18-3-11-25(40-15-18)23-13-20(6-12-26(23)47-22-9-10-22)30(43)41-16-33(45,34(36,37)38)27-14-24-29(46-17-32(24,2)31(39)44)28(42-27)19-4-7-21(35)8-5-19/h3-8,11-15,22,45H,9-10,16-17H2,1-2H3,(H2,39,44)(H,41,43)/t32-,33?/m0/s1. The van der Waals surface area contributed by atoms with E-state index in [2.05, 4.69) is 15.3 Å². The Morgan fingerprint density at radius 3 is 2.45 bits per heavy atom. The molecular formula is C34H30F4N4O5. The van der Waals surface area contributed by atoms with Crippen LogP contribution in [0.5, 0.6) is 11.5 Å². The first kappa shape index (κ1) is 31.9. The first-order valence-corrected chi connectivity index (χ1v) is 14.8. The minimum Gasteiger partial charge on any atom is -0.490 e. The van der Waals surface area contributed by atoms with Crippen LogP contribution < -0.4 is 20.5 Å². The number of hydrogen-bond acceptors (Lipinski definition) is 7. The summed E-state index contributed by atoms with van der Waals surface area (Å²) in [4.78, 5) is 34.3. The summed E-state index contributed by atoms with van der Waals surface area (Å²) in [5, 5.41) is 13.5. The van der Waals surface area contributed by atoms with Crippen LogP contribution in [0.2, 0.25) is 0 Å². The number of aromatic nitrogens is 2. The second kappa shape index (κ2) is 11.6. The van der Waals surface area contributed by atoms with Crippen LogP contribution in [0.1, 0.15) is 46.9 Å². The normalized spacial score (nSPS) is 18.5. The van der Waals surface area contributed by atoms with Gasteiger partial charge in [0.25, 0.3) is 5.91 Å². The van der Waals surface area contributed by atoms with Crippen LogP contribution in [0.15, 0.2) is 66.9 Å². The summed E-state index contributed by atoms with van der Waals surface area (Å²) in [7, 11) is 0. The SMILES string of the molecule is Cc1ccc(-c2cc(C(=O)NCC(O)(c3cc4c(c(-c5ccc(F)cc5)n3)OC[C@]4(C)C(N)=O)C(F)(F)F)ccc2OC2CC2)nc1. The number of alkyl halides is 3. The lowest BCUT2D eigenvalue weighted by molar-refractivity contribution is -0.265. The number of nitrogens with one attached hydrogen (secondary N) is 1. The van der Waals surface area contributed by atoms with Crippen molar-refractivity contribution in [1.82, 2.24) is 15.3 Å². The number of nitrogens with zero attached hydrogens (tertiary/aromatic N) is 2. The van der Waals surface area contributed by atoms with Crippen LogP contribution in [0.4, 0.5) is 17.6 Å². The Morgan fingerprint density at radius 1 is 1.11 bits per heavy atom. The van der Waals surface area contributed by atoms with Gasteiger partial charge in [-0.25, -0.2) is 9.37 Å². The quantitative estimate of drug-likeness (QED) is 0.214. The Hall–Kier alpha value is -5.04. The van der Waals surface area contributed by atoms with E-state index in [-0.39, 0.29) is 40.8 Å². The number of benzene rings is 2. The van der Waals surface area contributed by atoms with Crippen LogP contribution in [-0.4, -0.2) is 52.3 Å². The van der Waals surface area contributed by atoms with Crippen LogP contribution in [0, 0.1) is 12.7 Å². The number of nitrogens with two attached hydrogens (primary N) is 1. The van der Waals surface area contributed by atoms with Gasteiger partial charge in [0, 0.05) is 28.5 Å². The molecule has 47 heavy (non-hydrogen) atoms. The number of amides is 2. The maximum atomic E-state index is 14.8. The molecule has 1 aliphatic carbocycles. The molecule has 0 radical (unpaired) electrons. The Bertz CT molecular complexity index is 1860. The Labute approximate surface area is 266 Å². The van der Waals surface area contributed by atoms with Gasteiger partial charge in [-0.15, -0.1) is 0 Å². The lowest BCUT2D eigenvalue weighted by atomic mass is 9.81. The first-order valence-electron chi connectivity index (χ1n) is 14.8. The zero-order valence-corrected chi connectivity index (χ0v) is 25.3. The number of hydrogen-bond donors (Lipinski definition) is 3. The van der Waals surface area contributed by atoms with Gasteiger partial charge in [-0.05, 0) is 86.8 Å². The number of aryl methyl sites for hydroxylation is 1.